The molecule has 2 rings (SSSR count). The predicted molar refractivity (Wildman–Crippen MR) is 123 cm³/mol. The zero-order valence-corrected chi connectivity index (χ0v) is 20.0. The van der Waals surface area contributed by atoms with Crippen LogP contribution in [0.15, 0.2) is 40.9 Å². The van der Waals surface area contributed by atoms with Gasteiger partial charge < -0.3 is 15.7 Å². The number of nitrogens with one attached hydrogen (secondary N) is 2. The first-order valence-corrected chi connectivity index (χ1v) is 11.1. The highest BCUT2D eigenvalue weighted by Gasteiger charge is 2.21. The smallest absolute Gasteiger partial charge is 0.217 e. The minimum Gasteiger partial charge on any atom is -0.390 e. The van der Waals surface area contributed by atoms with Crippen molar-refractivity contribution >= 4 is 21.8 Å². The van der Waals surface area contributed by atoms with Gasteiger partial charge in [0.15, 0.2) is 0 Å². The highest BCUT2D eigenvalue weighted by Crippen LogP contribution is 2.24. The molecule has 0 bridgehead atoms. The van der Waals surface area contributed by atoms with Gasteiger partial charge in [0, 0.05) is 30.6 Å². The molecule has 2 unspecified atom stereocenters. The number of carbonyl (C=O) groups is 1. The molecule has 0 fully saturated rings. The van der Waals surface area contributed by atoms with E-state index in [2.05, 4.69) is 59.5 Å². The summed E-state index contributed by atoms with van der Waals surface area (Å²) in [7, 11) is 0. The maximum Gasteiger partial charge on any atom is 0.217 e. The van der Waals surface area contributed by atoms with Crippen molar-refractivity contribution in [3.05, 3.63) is 69.2 Å². The van der Waals surface area contributed by atoms with Gasteiger partial charge in [-0.15, -0.1) is 0 Å². The van der Waals surface area contributed by atoms with Crippen LogP contribution in [0.3, 0.4) is 0 Å². The first-order valence-electron chi connectivity index (χ1n) is 10.3. The molecule has 0 heterocycles. The lowest BCUT2D eigenvalue weighted by Gasteiger charge is -2.24. The maximum absolute atomic E-state index is 13.5. The Labute approximate surface area is 191 Å². The lowest BCUT2D eigenvalue weighted by molar-refractivity contribution is -0.120. The molecule has 7 heteroatoms. The van der Waals surface area contributed by atoms with E-state index in [0.29, 0.717) is 12.1 Å². The SMILES string of the molecule is CC(=O)NC(Cc1cc(F)cc(F)c1)C(O)CNCc1cc(CC(C)(C)C)ccc1Br. The van der Waals surface area contributed by atoms with E-state index >= 15 is 0 Å². The van der Waals surface area contributed by atoms with Gasteiger partial charge in [0.05, 0.1) is 12.1 Å². The third-order valence-corrected chi connectivity index (χ3v) is 5.52. The fourth-order valence-corrected chi connectivity index (χ4v) is 3.90. The molecule has 2 atom stereocenters. The van der Waals surface area contributed by atoms with E-state index in [4.69, 9.17) is 0 Å². The Balaban J connectivity index is 2.01. The third kappa shape index (κ3) is 9.05. The predicted octanol–water partition coefficient (Wildman–Crippen LogP) is 4.51. The van der Waals surface area contributed by atoms with Crippen molar-refractivity contribution in [1.82, 2.24) is 10.6 Å². The summed E-state index contributed by atoms with van der Waals surface area (Å²) >= 11 is 3.57. The van der Waals surface area contributed by atoms with Gasteiger partial charge in [-0.1, -0.05) is 48.8 Å². The molecule has 0 saturated heterocycles. The fourth-order valence-electron chi connectivity index (χ4n) is 3.51. The van der Waals surface area contributed by atoms with Gasteiger partial charge in [-0.3, -0.25) is 4.79 Å². The summed E-state index contributed by atoms with van der Waals surface area (Å²) in [5, 5.41) is 16.5. The molecule has 0 aliphatic carbocycles. The molecule has 3 N–H and O–H groups in total. The van der Waals surface area contributed by atoms with Gasteiger partial charge in [0.2, 0.25) is 5.91 Å². The Morgan fingerprint density at radius 1 is 1.10 bits per heavy atom. The molecule has 1 amide bonds. The normalized spacial score (nSPS) is 13.7. The number of rotatable bonds is 9. The maximum atomic E-state index is 13.5. The van der Waals surface area contributed by atoms with Crippen LogP contribution < -0.4 is 10.6 Å². The van der Waals surface area contributed by atoms with Crippen molar-refractivity contribution in [2.45, 2.75) is 59.2 Å². The van der Waals surface area contributed by atoms with Crippen LogP contribution >= 0.6 is 15.9 Å². The molecule has 0 aliphatic heterocycles. The van der Waals surface area contributed by atoms with Crippen molar-refractivity contribution in [3.8, 4) is 0 Å². The van der Waals surface area contributed by atoms with Gasteiger partial charge in [0.25, 0.3) is 0 Å². The second kappa shape index (κ2) is 11.2. The molecule has 0 saturated carbocycles. The Kier molecular flexibility index (Phi) is 9.15. The van der Waals surface area contributed by atoms with Crippen LogP contribution in [-0.2, 0) is 24.2 Å². The number of hydrogen-bond acceptors (Lipinski definition) is 3. The standard InChI is InChI=1S/C24H31BrF2N2O2/c1-15(30)29-22(10-17-8-19(26)11-20(27)9-17)23(31)14-28-13-18-7-16(5-6-21(18)25)12-24(2,3)4/h5-9,11,22-23,28,31H,10,12-14H2,1-4H3,(H,29,30). The van der Waals surface area contributed by atoms with E-state index in [1.54, 1.807) is 0 Å². The Hall–Kier alpha value is -1.83. The van der Waals surface area contributed by atoms with E-state index in [0.717, 1.165) is 22.5 Å². The van der Waals surface area contributed by atoms with Crippen LogP contribution in [-0.4, -0.2) is 29.7 Å². The monoisotopic (exact) mass is 496 g/mol. The molecule has 31 heavy (non-hydrogen) atoms. The number of benzene rings is 2. The van der Waals surface area contributed by atoms with E-state index in [9.17, 15) is 18.7 Å². The Bertz CT molecular complexity index is 879. The van der Waals surface area contributed by atoms with Crippen LogP contribution in [0.4, 0.5) is 8.78 Å². The highest BCUT2D eigenvalue weighted by molar-refractivity contribution is 9.10. The van der Waals surface area contributed by atoms with Crippen molar-refractivity contribution < 1.29 is 18.7 Å². The fraction of sp³-hybridized carbons (Fsp3) is 0.458. The lowest BCUT2D eigenvalue weighted by atomic mass is 9.88. The van der Waals surface area contributed by atoms with Gasteiger partial charge in [-0.05, 0) is 53.1 Å². The molecular weight excluding hydrogens is 466 g/mol. The summed E-state index contributed by atoms with van der Waals surface area (Å²) in [5.74, 6) is -1.70. The second-order valence-electron chi connectivity index (χ2n) is 9.15. The molecule has 0 aromatic heterocycles. The molecule has 170 valence electrons. The van der Waals surface area contributed by atoms with Crippen LogP contribution in [0.5, 0.6) is 0 Å². The van der Waals surface area contributed by atoms with Crippen LogP contribution in [0, 0.1) is 17.0 Å². The molecule has 0 aliphatic rings. The first kappa shape index (κ1) is 25.4. The Morgan fingerprint density at radius 2 is 1.74 bits per heavy atom. The van der Waals surface area contributed by atoms with Crippen LogP contribution in [0.2, 0.25) is 0 Å². The van der Waals surface area contributed by atoms with E-state index in [1.165, 1.54) is 24.6 Å². The van der Waals surface area contributed by atoms with Crippen LogP contribution in [0.1, 0.15) is 44.4 Å². The van der Waals surface area contributed by atoms with Gasteiger partial charge >= 0.3 is 0 Å². The largest absolute Gasteiger partial charge is 0.390 e. The van der Waals surface area contributed by atoms with Gasteiger partial charge in [-0.25, -0.2) is 8.78 Å². The molecule has 0 spiro atoms. The third-order valence-electron chi connectivity index (χ3n) is 4.74. The highest BCUT2D eigenvalue weighted by atomic mass is 79.9. The average molecular weight is 497 g/mol. The van der Waals surface area contributed by atoms with Gasteiger partial charge in [0.1, 0.15) is 11.6 Å². The summed E-state index contributed by atoms with van der Waals surface area (Å²) in [6.07, 6.45) is 0.124. The van der Waals surface area contributed by atoms with Crippen LogP contribution in [0.25, 0.3) is 0 Å². The van der Waals surface area contributed by atoms with Crippen molar-refractivity contribution in [2.75, 3.05) is 6.54 Å². The minimum atomic E-state index is -0.938. The van der Waals surface area contributed by atoms with Crippen molar-refractivity contribution in [2.24, 2.45) is 5.41 Å². The van der Waals surface area contributed by atoms with E-state index in [-0.39, 0.29) is 24.3 Å². The number of amides is 1. The number of aliphatic hydroxyl groups excluding tert-OH is 1. The topological polar surface area (TPSA) is 61.4 Å². The summed E-state index contributed by atoms with van der Waals surface area (Å²) < 4.78 is 28.0. The van der Waals surface area contributed by atoms with Crippen molar-refractivity contribution in [1.29, 1.82) is 0 Å². The zero-order valence-electron chi connectivity index (χ0n) is 18.4. The molecular formula is C24H31BrF2N2O2. The summed E-state index contributed by atoms with van der Waals surface area (Å²) in [4.78, 5) is 11.6. The molecule has 4 nitrogen and oxygen atoms in total. The summed E-state index contributed by atoms with van der Waals surface area (Å²) in [6.45, 7) is 8.65. The van der Waals surface area contributed by atoms with Crippen molar-refractivity contribution in [3.63, 3.8) is 0 Å². The Morgan fingerprint density at radius 3 is 2.32 bits per heavy atom. The zero-order chi connectivity index (χ0) is 23.2. The number of carbonyl (C=O) groups excluding carboxylic acids is 1. The first-order chi connectivity index (χ1) is 14.4. The van der Waals surface area contributed by atoms with E-state index in [1.807, 2.05) is 6.07 Å². The van der Waals surface area contributed by atoms with Gasteiger partial charge in [-0.2, -0.15) is 0 Å². The number of hydrogen-bond donors (Lipinski definition) is 3. The molecule has 2 aromatic carbocycles. The minimum absolute atomic E-state index is 0.113. The lowest BCUT2D eigenvalue weighted by Crippen LogP contribution is -2.48. The summed E-state index contributed by atoms with van der Waals surface area (Å²) in [6, 6.07) is 8.77. The molecule has 2 aromatic rings. The quantitative estimate of drug-likeness (QED) is 0.478. The number of halogens is 3. The molecule has 0 radical (unpaired) electrons. The van der Waals surface area contributed by atoms with E-state index < -0.39 is 23.8 Å². The second-order valence-corrected chi connectivity index (χ2v) is 10.0. The number of aliphatic hydroxyl groups is 1. The summed E-state index contributed by atoms with van der Waals surface area (Å²) in [5.41, 5.74) is 2.85. The average Bonchev–Trinajstić information content (AvgIpc) is 2.61.